The van der Waals surface area contributed by atoms with Crippen molar-refractivity contribution in [1.82, 2.24) is 0 Å². The summed E-state index contributed by atoms with van der Waals surface area (Å²) in [5.41, 5.74) is 0. The maximum absolute atomic E-state index is 2.50. The molecule has 1 aliphatic rings. The van der Waals surface area contributed by atoms with Gasteiger partial charge in [0.25, 0.3) is 0 Å². The van der Waals surface area contributed by atoms with E-state index in [1.807, 2.05) is 0 Å². The molecule has 0 bridgehead atoms. The summed E-state index contributed by atoms with van der Waals surface area (Å²) in [7, 11) is 0. The van der Waals surface area contributed by atoms with Crippen molar-refractivity contribution in [2.75, 3.05) is 0 Å². The first-order chi connectivity index (χ1) is 7.95. The van der Waals surface area contributed by atoms with Gasteiger partial charge in [-0.25, -0.2) is 0 Å². The second-order valence-electron chi connectivity index (χ2n) is 7.18. The topological polar surface area (TPSA) is 0 Å². The van der Waals surface area contributed by atoms with Gasteiger partial charge in [0.2, 0.25) is 0 Å². The summed E-state index contributed by atoms with van der Waals surface area (Å²) >= 11 is 0. The standard InChI is InChI=1S/C16H33B/c1-12(2)14(5)17(15(6)13(3)4)16-10-8-7-9-11-16/h12-16H,7-11H2,1-6H3. The fourth-order valence-electron chi connectivity index (χ4n) is 3.75. The molecule has 0 amide bonds. The fraction of sp³-hybridized carbons (Fsp3) is 1.00. The van der Waals surface area contributed by atoms with Crippen LogP contribution in [0.3, 0.4) is 0 Å². The van der Waals surface area contributed by atoms with E-state index in [0.29, 0.717) is 0 Å². The Labute approximate surface area is 110 Å². The van der Waals surface area contributed by atoms with Crippen LogP contribution in [0.15, 0.2) is 0 Å². The summed E-state index contributed by atoms with van der Waals surface area (Å²) in [6, 6.07) is 0. The third-order valence-electron chi connectivity index (χ3n) is 5.51. The second kappa shape index (κ2) is 6.85. The molecular weight excluding hydrogens is 203 g/mol. The van der Waals surface area contributed by atoms with Gasteiger partial charge in [-0.05, 0) is 0 Å². The minimum Gasteiger partial charge on any atom is -0.0688 e. The quantitative estimate of drug-likeness (QED) is 0.520. The van der Waals surface area contributed by atoms with Crippen LogP contribution in [0.4, 0.5) is 0 Å². The Morgan fingerprint density at radius 3 is 1.47 bits per heavy atom. The first-order valence-electron chi connectivity index (χ1n) is 7.95. The van der Waals surface area contributed by atoms with E-state index >= 15 is 0 Å². The Morgan fingerprint density at radius 1 is 0.706 bits per heavy atom. The lowest BCUT2D eigenvalue weighted by atomic mass is 9.24. The molecule has 0 aromatic heterocycles. The number of hydrogen-bond acceptors (Lipinski definition) is 0. The average molecular weight is 236 g/mol. The van der Waals surface area contributed by atoms with Crippen molar-refractivity contribution in [3.8, 4) is 0 Å². The van der Waals surface area contributed by atoms with Crippen molar-refractivity contribution in [3.63, 3.8) is 0 Å². The maximum Gasteiger partial charge on any atom is 0.149 e. The van der Waals surface area contributed by atoms with Gasteiger partial charge in [-0.3, -0.25) is 0 Å². The molecule has 2 unspecified atom stereocenters. The molecule has 0 N–H and O–H groups in total. The highest BCUT2D eigenvalue weighted by atomic mass is 14.2. The van der Waals surface area contributed by atoms with Gasteiger partial charge in [-0.2, -0.15) is 0 Å². The number of hydrogen-bond donors (Lipinski definition) is 0. The Balaban J connectivity index is 2.76. The first kappa shape index (κ1) is 15.1. The molecule has 0 heterocycles. The zero-order valence-corrected chi connectivity index (χ0v) is 13.0. The minimum absolute atomic E-state index is 0.836. The third-order valence-corrected chi connectivity index (χ3v) is 5.51. The predicted octanol–water partition coefficient (Wildman–Crippen LogP) is 5.91. The van der Waals surface area contributed by atoms with E-state index < -0.39 is 0 Å². The van der Waals surface area contributed by atoms with Crippen LogP contribution >= 0.6 is 0 Å². The molecule has 1 saturated carbocycles. The molecule has 0 aromatic carbocycles. The summed E-state index contributed by atoms with van der Waals surface area (Å²) < 4.78 is 0. The van der Waals surface area contributed by atoms with Crippen molar-refractivity contribution >= 4 is 6.71 Å². The van der Waals surface area contributed by atoms with Gasteiger partial charge in [-0.15, -0.1) is 0 Å². The van der Waals surface area contributed by atoms with E-state index in [4.69, 9.17) is 0 Å². The Morgan fingerprint density at radius 2 is 1.12 bits per heavy atom. The van der Waals surface area contributed by atoms with Crippen LogP contribution < -0.4 is 0 Å². The first-order valence-corrected chi connectivity index (χ1v) is 7.95. The molecule has 1 heteroatoms. The van der Waals surface area contributed by atoms with Crippen LogP contribution in [0, 0.1) is 11.8 Å². The van der Waals surface area contributed by atoms with E-state index in [0.717, 1.165) is 36.0 Å². The largest absolute Gasteiger partial charge is 0.149 e. The van der Waals surface area contributed by atoms with Crippen molar-refractivity contribution < 1.29 is 0 Å². The van der Waals surface area contributed by atoms with E-state index in [1.54, 1.807) is 0 Å². The highest BCUT2D eigenvalue weighted by molar-refractivity contribution is 6.63. The summed E-state index contributed by atoms with van der Waals surface area (Å²) in [6.45, 7) is 15.6. The van der Waals surface area contributed by atoms with E-state index in [2.05, 4.69) is 41.5 Å². The van der Waals surface area contributed by atoms with E-state index in [1.165, 1.54) is 32.1 Å². The molecule has 100 valence electrons. The Bertz CT molecular complexity index is 190. The summed E-state index contributed by atoms with van der Waals surface area (Å²) in [5, 5.41) is 0. The van der Waals surface area contributed by atoms with Crippen molar-refractivity contribution in [3.05, 3.63) is 0 Å². The van der Waals surface area contributed by atoms with Gasteiger partial charge < -0.3 is 0 Å². The fourth-order valence-corrected chi connectivity index (χ4v) is 3.75. The van der Waals surface area contributed by atoms with Crippen molar-refractivity contribution in [2.24, 2.45) is 11.8 Å². The minimum atomic E-state index is 0.836. The summed E-state index contributed by atoms with van der Waals surface area (Å²) in [5.74, 6) is 4.45. The molecule has 1 rings (SSSR count). The maximum atomic E-state index is 2.50. The molecule has 1 fully saturated rings. The molecule has 0 radical (unpaired) electrons. The molecule has 0 aromatic rings. The molecule has 0 aliphatic heterocycles. The van der Waals surface area contributed by atoms with Crippen LogP contribution in [0.2, 0.25) is 17.5 Å². The van der Waals surface area contributed by atoms with Crippen LogP contribution in [0.5, 0.6) is 0 Å². The highest BCUT2D eigenvalue weighted by Crippen LogP contribution is 2.44. The van der Waals surface area contributed by atoms with E-state index in [-0.39, 0.29) is 0 Å². The molecule has 0 spiro atoms. The average Bonchev–Trinajstić information content (AvgIpc) is 2.30. The SMILES string of the molecule is CC(C)C(C)B(C1CCCCC1)C(C)C(C)C. The second-order valence-corrected chi connectivity index (χ2v) is 7.18. The van der Waals surface area contributed by atoms with E-state index in [9.17, 15) is 0 Å². The summed E-state index contributed by atoms with van der Waals surface area (Å²) in [4.78, 5) is 0. The molecule has 17 heavy (non-hydrogen) atoms. The van der Waals surface area contributed by atoms with Gasteiger partial charge in [0, 0.05) is 0 Å². The third kappa shape index (κ3) is 4.03. The van der Waals surface area contributed by atoms with Crippen molar-refractivity contribution in [1.29, 1.82) is 0 Å². The van der Waals surface area contributed by atoms with Crippen LogP contribution in [-0.4, -0.2) is 6.71 Å². The lowest BCUT2D eigenvalue weighted by molar-refractivity contribution is 0.466. The normalized spacial score (nSPS) is 21.9. The molecule has 0 nitrogen and oxygen atoms in total. The zero-order chi connectivity index (χ0) is 13.0. The predicted molar refractivity (Wildman–Crippen MR) is 81.1 cm³/mol. The molecular formula is C16H33B. The van der Waals surface area contributed by atoms with Crippen LogP contribution in [0.1, 0.15) is 73.6 Å². The lowest BCUT2D eigenvalue weighted by Crippen LogP contribution is -2.35. The summed E-state index contributed by atoms with van der Waals surface area (Å²) in [6.07, 6.45) is 7.44. The smallest absolute Gasteiger partial charge is 0.0688 e. The van der Waals surface area contributed by atoms with Crippen LogP contribution in [0.25, 0.3) is 0 Å². The molecule has 2 atom stereocenters. The van der Waals surface area contributed by atoms with Gasteiger partial charge in [0.15, 0.2) is 0 Å². The van der Waals surface area contributed by atoms with Crippen molar-refractivity contribution in [2.45, 2.75) is 91.1 Å². The molecule has 1 aliphatic carbocycles. The number of rotatable bonds is 5. The monoisotopic (exact) mass is 236 g/mol. The van der Waals surface area contributed by atoms with Gasteiger partial charge in [0.05, 0.1) is 0 Å². The lowest BCUT2D eigenvalue weighted by Gasteiger charge is -2.39. The van der Waals surface area contributed by atoms with Gasteiger partial charge in [-0.1, -0.05) is 103 Å². The molecule has 0 saturated heterocycles. The van der Waals surface area contributed by atoms with Crippen LogP contribution in [-0.2, 0) is 0 Å². The Kier molecular flexibility index (Phi) is 6.10. The van der Waals surface area contributed by atoms with Gasteiger partial charge >= 0.3 is 0 Å². The highest BCUT2D eigenvalue weighted by Gasteiger charge is 2.37. The zero-order valence-electron chi connectivity index (χ0n) is 13.0. The Hall–Kier alpha value is 0.0649. The van der Waals surface area contributed by atoms with Gasteiger partial charge in [0.1, 0.15) is 6.71 Å².